The Balaban J connectivity index is 1.92. The number of fused-ring (bicyclic) bond motifs is 1. The molecule has 4 rings (SSSR count). The first-order valence-electron chi connectivity index (χ1n) is 22.6. The van der Waals surface area contributed by atoms with Gasteiger partial charge in [0.15, 0.2) is 24.8 Å². The van der Waals surface area contributed by atoms with Crippen LogP contribution in [0.15, 0.2) is 0 Å². The maximum absolute atomic E-state index is 14.8. The maximum atomic E-state index is 14.8. The predicted octanol–water partition coefficient (Wildman–Crippen LogP) is 4.76. The third-order valence-corrected chi connectivity index (χ3v) is 14.4. The number of methoxy groups -OCH3 is 2. The zero-order valence-electron chi connectivity index (χ0n) is 40.4. The van der Waals surface area contributed by atoms with Gasteiger partial charge in [0.2, 0.25) is 5.91 Å². The fourth-order valence-corrected chi connectivity index (χ4v) is 10.8. The number of rotatable bonds is 12. The minimum absolute atomic E-state index is 0.0704. The van der Waals surface area contributed by atoms with Gasteiger partial charge in [-0.15, -0.1) is 12.3 Å². The molecule has 0 spiro atoms. The smallest absolute Gasteiger partial charge is 0.311 e. The van der Waals surface area contributed by atoms with Gasteiger partial charge in [0.25, 0.3) is 0 Å². The zero-order valence-corrected chi connectivity index (χ0v) is 40.4. The van der Waals surface area contributed by atoms with Crippen LogP contribution in [0.25, 0.3) is 0 Å². The van der Waals surface area contributed by atoms with E-state index in [0.29, 0.717) is 25.8 Å². The summed E-state index contributed by atoms with van der Waals surface area (Å²) in [5.74, 6) is -2.27. The van der Waals surface area contributed by atoms with Crippen LogP contribution < -0.4 is 5.32 Å². The second-order valence-electron chi connectivity index (χ2n) is 19.3. The number of hydrogen-bond donors (Lipinski definition) is 1. The van der Waals surface area contributed by atoms with Crippen molar-refractivity contribution in [3.05, 3.63) is 0 Å². The lowest BCUT2D eigenvalue weighted by Crippen LogP contribution is -2.62. The van der Waals surface area contributed by atoms with E-state index in [2.05, 4.69) is 11.2 Å². The van der Waals surface area contributed by atoms with Gasteiger partial charge < -0.3 is 47.9 Å². The molecule has 0 unspecified atom stereocenters. The normalized spacial score (nSPS) is 42.9. The number of Topliss-reactive ketones (excluding diaryl/α,β-unsaturated/α-hetero) is 1. The molecule has 18 atom stereocenters. The summed E-state index contributed by atoms with van der Waals surface area (Å²) in [5, 5.41) is 3.05. The van der Waals surface area contributed by atoms with Crippen LogP contribution in [0.5, 0.6) is 0 Å². The summed E-state index contributed by atoms with van der Waals surface area (Å²) in [4.78, 5) is 69.6. The highest BCUT2D eigenvalue weighted by Gasteiger charge is 2.57. The Hall–Kier alpha value is -3.17. The minimum Gasteiger partial charge on any atom is -0.461 e. The van der Waals surface area contributed by atoms with E-state index >= 15 is 0 Å². The number of likely N-dealkylation sites (N-methyl/N-ethyl adjacent to an activating group) is 1. The molecule has 63 heavy (non-hydrogen) atoms. The van der Waals surface area contributed by atoms with Gasteiger partial charge in [0.05, 0.1) is 42.0 Å². The molecule has 4 fully saturated rings. The lowest BCUT2D eigenvalue weighted by Gasteiger charge is -2.50. The highest BCUT2D eigenvalue weighted by atomic mass is 16.7. The van der Waals surface area contributed by atoms with Crippen LogP contribution in [-0.4, -0.2) is 141 Å². The molecule has 358 valence electrons. The summed E-state index contributed by atoms with van der Waals surface area (Å²) in [5.41, 5.74) is -3.23. The molecule has 4 aliphatic heterocycles. The second-order valence-corrected chi connectivity index (χ2v) is 19.3. The second kappa shape index (κ2) is 21.4. The summed E-state index contributed by atoms with van der Waals surface area (Å²) in [6, 6.07) is -0.973. The van der Waals surface area contributed by atoms with Crippen molar-refractivity contribution in [1.29, 1.82) is 0 Å². The molecule has 0 aromatic rings. The van der Waals surface area contributed by atoms with E-state index < -0.39 is 113 Å². The van der Waals surface area contributed by atoms with E-state index in [0.717, 1.165) is 0 Å². The van der Waals surface area contributed by atoms with Crippen LogP contribution >= 0.6 is 0 Å². The van der Waals surface area contributed by atoms with Crippen molar-refractivity contribution in [3.63, 3.8) is 0 Å². The standard InChI is InChI=1S/C47H76N2O14/c1-17-19-20-49(14)33-21-26(4)57-44(39(33)59-31(9)50)63-41-28(6)38(62-36-24-47(13,56-16)42(30(8)58-36)60-32(10)51)29(7)43(54)61-34(18-2)45(11)23-35(52)48-40(45)27(5)37(53)25(3)22-46(41,12)55-15/h1,25-30,33-34,36,38-42,44H,18-24H2,2-16H3,(H,48,52)/t25-,26-,27+,28+,29-,30+,33+,34-,36-,38+,39-,40-,41-,42+,44+,45-,46-,47-/m1/s1. The van der Waals surface area contributed by atoms with Crippen LogP contribution in [0.1, 0.15) is 122 Å². The molecule has 0 radical (unpaired) electrons. The summed E-state index contributed by atoms with van der Waals surface area (Å²) in [6.45, 7) is 21.5. The molecule has 0 aromatic carbocycles. The zero-order chi connectivity index (χ0) is 47.4. The summed E-state index contributed by atoms with van der Waals surface area (Å²) >= 11 is 0. The van der Waals surface area contributed by atoms with Crippen molar-refractivity contribution >= 4 is 29.6 Å². The Morgan fingerprint density at radius 2 is 1.49 bits per heavy atom. The van der Waals surface area contributed by atoms with E-state index in [1.807, 2.05) is 67.3 Å². The van der Waals surface area contributed by atoms with Crippen LogP contribution in [-0.2, 0) is 66.6 Å². The van der Waals surface area contributed by atoms with Gasteiger partial charge in [0.1, 0.15) is 17.5 Å². The Morgan fingerprint density at radius 3 is 2.06 bits per heavy atom. The molecule has 4 saturated heterocycles. The number of hydrogen-bond acceptors (Lipinski definition) is 15. The third-order valence-electron chi connectivity index (χ3n) is 14.4. The van der Waals surface area contributed by atoms with Gasteiger partial charge in [-0.25, -0.2) is 0 Å². The Bertz CT molecular complexity index is 1670. The summed E-state index contributed by atoms with van der Waals surface area (Å²) in [6.07, 6.45) is -0.287. The van der Waals surface area contributed by atoms with Crippen molar-refractivity contribution in [2.75, 3.05) is 27.8 Å². The van der Waals surface area contributed by atoms with E-state index in [1.165, 1.54) is 28.1 Å². The van der Waals surface area contributed by atoms with Crippen LogP contribution in [0, 0.1) is 41.4 Å². The van der Waals surface area contributed by atoms with Gasteiger partial charge in [-0.05, 0) is 60.9 Å². The van der Waals surface area contributed by atoms with E-state index in [4.69, 9.17) is 49.1 Å². The van der Waals surface area contributed by atoms with Crippen molar-refractivity contribution in [2.24, 2.45) is 29.1 Å². The topological polar surface area (TPSA) is 184 Å². The highest BCUT2D eigenvalue weighted by molar-refractivity contribution is 5.87. The number of esters is 3. The highest BCUT2D eigenvalue weighted by Crippen LogP contribution is 2.46. The number of terminal acetylenes is 1. The molecule has 4 heterocycles. The molecule has 1 amide bonds. The molecular formula is C47H76N2O14. The maximum Gasteiger partial charge on any atom is 0.311 e. The van der Waals surface area contributed by atoms with Crippen LogP contribution in [0.2, 0.25) is 0 Å². The summed E-state index contributed by atoms with van der Waals surface area (Å²) < 4.78 is 57.7. The van der Waals surface area contributed by atoms with Crippen LogP contribution in [0.4, 0.5) is 0 Å². The van der Waals surface area contributed by atoms with Crippen molar-refractivity contribution in [1.82, 2.24) is 10.2 Å². The lowest BCUT2D eigenvalue weighted by atomic mass is 9.68. The molecule has 0 saturated carbocycles. The monoisotopic (exact) mass is 893 g/mol. The van der Waals surface area contributed by atoms with E-state index in [-0.39, 0.29) is 43.1 Å². The van der Waals surface area contributed by atoms with Gasteiger partial charge in [-0.2, -0.15) is 0 Å². The molecule has 0 aliphatic carbocycles. The average Bonchev–Trinajstić information content (AvgIpc) is 3.54. The Morgan fingerprint density at radius 1 is 0.873 bits per heavy atom. The number of nitrogens with one attached hydrogen (secondary N) is 1. The predicted molar refractivity (Wildman–Crippen MR) is 231 cm³/mol. The molecule has 0 aromatic heterocycles. The van der Waals surface area contributed by atoms with Gasteiger partial charge in [0, 0.05) is 83.1 Å². The number of cyclic esters (lactones) is 1. The Labute approximate surface area is 375 Å². The minimum atomic E-state index is -1.28. The molecule has 16 nitrogen and oxygen atoms in total. The first-order valence-corrected chi connectivity index (χ1v) is 22.6. The summed E-state index contributed by atoms with van der Waals surface area (Å²) in [7, 11) is 4.97. The molecule has 4 aliphatic rings. The first-order chi connectivity index (χ1) is 29.4. The van der Waals surface area contributed by atoms with Crippen molar-refractivity contribution in [2.45, 2.75) is 200 Å². The van der Waals surface area contributed by atoms with Crippen LogP contribution in [0.3, 0.4) is 0 Å². The SMILES string of the molecule is C#CCCN(C)[C@H]1C[C@@H](C)O[C@@H](O[C@@H]2[C@@H](C)[C@H](O[C@@H]3C[C@@](C)(OC)[C@@H](OC(C)=O)[C@H](C)O3)[C@@H](C)C(=O)O[C@H](CC)[C@@]3(C)CC(=O)N[C@@H]3[C@@H](C)C(=O)[C@H](C)C[C@@]2(C)OC)[C@@H]1OC(C)=O. The fourth-order valence-electron chi connectivity index (χ4n) is 10.8. The average molecular weight is 893 g/mol. The van der Waals surface area contributed by atoms with Crippen molar-refractivity contribution < 1.29 is 66.6 Å². The number of amides is 1. The third kappa shape index (κ3) is 11.6. The first kappa shape index (κ1) is 52.5. The quantitative estimate of drug-likeness (QED) is 0.161. The van der Waals surface area contributed by atoms with Gasteiger partial charge in [-0.3, -0.25) is 28.9 Å². The van der Waals surface area contributed by atoms with E-state index in [9.17, 15) is 24.0 Å². The van der Waals surface area contributed by atoms with Gasteiger partial charge in [-0.1, -0.05) is 34.6 Å². The lowest BCUT2D eigenvalue weighted by molar-refractivity contribution is -0.321. The number of ether oxygens (including phenoxy) is 9. The van der Waals surface area contributed by atoms with Crippen molar-refractivity contribution in [3.8, 4) is 12.3 Å². The number of nitrogens with zero attached hydrogens (tertiary/aromatic N) is 1. The largest absolute Gasteiger partial charge is 0.461 e. The number of ketones is 1. The molecule has 16 heteroatoms. The van der Waals surface area contributed by atoms with E-state index in [1.54, 1.807) is 13.8 Å². The number of carbonyl (C=O) groups is 5. The molecule has 1 N–H and O–H groups in total. The molecular weight excluding hydrogens is 817 g/mol. The number of carbonyl (C=O) groups excluding carboxylic acids is 5. The Kier molecular flexibility index (Phi) is 17.8. The fraction of sp³-hybridized carbons (Fsp3) is 0.851. The van der Waals surface area contributed by atoms with Gasteiger partial charge >= 0.3 is 17.9 Å². The molecule has 0 bridgehead atoms.